The SMILES string of the molecule is c1ccc(-c2cc(-c3ccc4c(c3)-c3ccccc3-c3ccccc3-c3ccccc3-4)cc(-c3ccccc3)c2B2c3ccccc3Oc3ccccc32)cc1. The summed E-state index contributed by atoms with van der Waals surface area (Å²) in [7, 11) is 0. The van der Waals surface area contributed by atoms with Gasteiger partial charge in [-0.15, -0.1) is 0 Å². The third kappa shape index (κ3) is 5.26. The smallest absolute Gasteiger partial charge is 0.252 e. The van der Waals surface area contributed by atoms with Gasteiger partial charge in [-0.25, -0.2) is 0 Å². The summed E-state index contributed by atoms with van der Waals surface area (Å²) in [5.74, 6) is 1.81. The van der Waals surface area contributed by atoms with E-state index in [9.17, 15) is 0 Å². The second kappa shape index (κ2) is 13.3. The van der Waals surface area contributed by atoms with Crippen molar-refractivity contribution in [1.29, 1.82) is 0 Å². The fourth-order valence-electron chi connectivity index (χ4n) is 9.11. The van der Waals surface area contributed by atoms with Crippen LogP contribution >= 0.6 is 0 Å². The molecule has 2 aliphatic rings. The lowest BCUT2D eigenvalue weighted by Crippen LogP contribution is -2.56. The second-order valence-corrected chi connectivity index (χ2v) is 14.7. The minimum absolute atomic E-state index is 0.0464. The minimum Gasteiger partial charge on any atom is -0.458 e. The van der Waals surface area contributed by atoms with Crippen molar-refractivity contribution in [2.75, 3.05) is 0 Å². The molecular weight excluding hydrogens is 675 g/mol. The topological polar surface area (TPSA) is 9.23 Å². The van der Waals surface area contributed by atoms with Crippen LogP contribution in [0.25, 0.3) is 77.9 Å². The standard InChI is InChI=1S/C54H35BO/c1-3-17-36(18-4-1)47-34-39(35-48(37-19-5-2-6-20-37)54(47)55-50-27-13-15-29-52(50)56-53-30-16-14-28-51(53)55)38-31-32-46-44-25-10-9-23-42(44)40-21-7-8-22-41(40)43-24-11-12-26-45(43)49(46)33-38/h1-35H. The molecule has 0 fully saturated rings. The molecule has 9 aromatic carbocycles. The Kier molecular flexibility index (Phi) is 7.67. The van der Waals surface area contributed by atoms with Crippen molar-refractivity contribution < 1.29 is 4.74 Å². The first-order valence-electron chi connectivity index (χ1n) is 19.4. The fraction of sp³-hybridized carbons (Fsp3) is 0. The Morgan fingerprint density at radius 2 is 0.607 bits per heavy atom. The molecule has 0 amide bonds. The minimum atomic E-state index is -0.0464. The van der Waals surface area contributed by atoms with E-state index in [0.717, 1.165) is 11.5 Å². The maximum atomic E-state index is 6.56. The van der Waals surface area contributed by atoms with E-state index in [1.54, 1.807) is 0 Å². The van der Waals surface area contributed by atoms with Gasteiger partial charge in [0.1, 0.15) is 11.5 Å². The summed E-state index contributed by atoms with van der Waals surface area (Å²) in [5, 5.41) is 0. The second-order valence-electron chi connectivity index (χ2n) is 14.7. The molecule has 0 radical (unpaired) electrons. The van der Waals surface area contributed by atoms with E-state index < -0.39 is 0 Å². The number of rotatable bonds is 4. The summed E-state index contributed by atoms with van der Waals surface area (Å²) in [4.78, 5) is 0. The molecule has 1 heterocycles. The lowest BCUT2D eigenvalue weighted by Gasteiger charge is -2.30. The van der Waals surface area contributed by atoms with E-state index in [-0.39, 0.29) is 6.71 Å². The number of benzene rings is 9. The van der Waals surface area contributed by atoms with Crippen LogP contribution in [0.5, 0.6) is 11.5 Å². The number of hydrogen-bond donors (Lipinski definition) is 0. The average Bonchev–Trinajstić information content (AvgIpc) is 3.28. The van der Waals surface area contributed by atoms with Crippen LogP contribution in [0, 0.1) is 0 Å². The zero-order valence-corrected chi connectivity index (χ0v) is 30.7. The third-order valence-corrected chi connectivity index (χ3v) is 11.6. The predicted octanol–water partition coefficient (Wildman–Crippen LogP) is 12.3. The van der Waals surface area contributed by atoms with Gasteiger partial charge in [0.05, 0.1) is 0 Å². The fourth-order valence-corrected chi connectivity index (χ4v) is 9.11. The van der Waals surface area contributed by atoms with Crippen LogP contribution in [0.1, 0.15) is 0 Å². The van der Waals surface area contributed by atoms with Gasteiger partial charge in [-0.05, 0) is 119 Å². The van der Waals surface area contributed by atoms with E-state index in [2.05, 4.69) is 212 Å². The molecule has 0 saturated heterocycles. The molecule has 56 heavy (non-hydrogen) atoms. The normalized spacial score (nSPS) is 12.0. The Morgan fingerprint density at radius 3 is 1.07 bits per heavy atom. The van der Waals surface area contributed by atoms with Gasteiger partial charge >= 0.3 is 0 Å². The van der Waals surface area contributed by atoms with Gasteiger partial charge in [-0.2, -0.15) is 0 Å². The number of fused-ring (bicyclic) bond motifs is 10. The van der Waals surface area contributed by atoms with Gasteiger partial charge in [0.25, 0.3) is 6.71 Å². The summed E-state index contributed by atoms with van der Waals surface area (Å²) in [6.07, 6.45) is 0. The van der Waals surface area contributed by atoms with Crippen LogP contribution in [0.2, 0.25) is 0 Å². The highest BCUT2D eigenvalue weighted by molar-refractivity contribution is 6.98. The molecule has 2 heteroatoms. The molecular formula is C54H35BO. The third-order valence-electron chi connectivity index (χ3n) is 11.6. The van der Waals surface area contributed by atoms with Crippen molar-refractivity contribution in [2.45, 2.75) is 0 Å². The van der Waals surface area contributed by atoms with Crippen molar-refractivity contribution >= 4 is 23.1 Å². The van der Waals surface area contributed by atoms with Gasteiger partial charge < -0.3 is 4.74 Å². The van der Waals surface area contributed by atoms with Crippen molar-refractivity contribution in [3.63, 3.8) is 0 Å². The highest BCUT2D eigenvalue weighted by Gasteiger charge is 2.36. The van der Waals surface area contributed by atoms with Crippen LogP contribution < -0.4 is 21.1 Å². The Balaban J connectivity index is 1.21. The molecule has 0 aromatic heterocycles. The van der Waals surface area contributed by atoms with E-state index in [1.807, 2.05) is 0 Å². The lowest BCUT2D eigenvalue weighted by molar-refractivity contribution is 0.487. The zero-order chi connectivity index (χ0) is 37.0. The van der Waals surface area contributed by atoms with Crippen LogP contribution in [-0.2, 0) is 0 Å². The van der Waals surface area contributed by atoms with Crippen LogP contribution in [0.4, 0.5) is 0 Å². The Bertz CT molecular complexity index is 2830. The van der Waals surface area contributed by atoms with Crippen molar-refractivity contribution in [1.82, 2.24) is 0 Å². The van der Waals surface area contributed by atoms with E-state index >= 15 is 0 Å². The number of ether oxygens (including phenoxy) is 1. The summed E-state index contributed by atoms with van der Waals surface area (Å²) in [6, 6.07) is 77.4. The summed E-state index contributed by atoms with van der Waals surface area (Å²) in [5.41, 5.74) is 20.8. The maximum Gasteiger partial charge on any atom is 0.252 e. The molecule has 1 aliphatic carbocycles. The van der Waals surface area contributed by atoms with Gasteiger partial charge in [-0.3, -0.25) is 0 Å². The first-order chi connectivity index (χ1) is 27.8. The summed E-state index contributed by atoms with van der Waals surface area (Å²) < 4.78 is 6.56. The van der Waals surface area contributed by atoms with Gasteiger partial charge in [0, 0.05) is 0 Å². The highest BCUT2D eigenvalue weighted by Crippen LogP contribution is 2.48. The molecule has 11 rings (SSSR count). The monoisotopic (exact) mass is 710 g/mol. The molecule has 260 valence electrons. The largest absolute Gasteiger partial charge is 0.458 e. The van der Waals surface area contributed by atoms with E-state index in [0.29, 0.717) is 0 Å². The first-order valence-corrected chi connectivity index (χ1v) is 19.4. The Labute approximate surface area is 328 Å². The molecule has 0 saturated carbocycles. The van der Waals surface area contributed by atoms with E-state index in [1.165, 1.54) is 94.3 Å². The molecule has 0 bridgehead atoms. The molecule has 1 aliphatic heterocycles. The molecule has 1 nitrogen and oxygen atoms in total. The van der Waals surface area contributed by atoms with Crippen molar-refractivity contribution in [3.8, 4) is 89.4 Å². The van der Waals surface area contributed by atoms with Crippen molar-refractivity contribution in [3.05, 3.63) is 212 Å². The molecule has 0 N–H and O–H groups in total. The highest BCUT2D eigenvalue weighted by atomic mass is 16.5. The number of para-hydroxylation sites is 2. The molecule has 0 atom stereocenters. The summed E-state index contributed by atoms with van der Waals surface area (Å²) in [6.45, 7) is -0.0464. The van der Waals surface area contributed by atoms with E-state index in [4.69, 9.17) is 4.74 Å². The lowest BCUT2D eigenvalue weighted by atomic mass is 9.34. The number of hydrogen-bond acceptors (Lipinski definition) is 1. The molecule has 0 unspecified atom stereocenters. The molecule has 9 aromatic rings. The molecule has 0 spiro atoms. The Hall–Kier alpha value is -7.16. The average molecular weight is 711 g/mol. The quantitative estimate of drug-likeness (QED) is 0.165. The maximum absolute atomic E-state index is 6.56. The van der Waals surface area contributed by atoms with Crippen molar-refractivity contribution in [2.24, 2.45) is 0 Å². The van der Waals surface area contributed by atoms with Crippen LogP contribution in [-0.4, -0.2) is 6.71 Å². The zero-order valence-electron chi connectivity index (χ0n) is 30.7. The van der Waals surface area contributed by atoms with Crippen LogP contribution in [0.15, 0.2) is 212 Å². The van der Waals surface area contributed by atoms with Gasteiger partial charge in [-0.1, -0.05) is 187 Å². The van der Waals surface area contributed by atoms with Crippen LogP contribution in [0.3, 0.4) is 0 Å². The first kappa shape index (κ1) is 32.3. The predicted molar refractivity (Wildman–Crippen MR) is 236 cm³/mol. The van der Waals surface area contributed by atoms with Gasteiger partial charge in [0.15, 0.2) is 0 Å². The Morgan fingerprint density at radius 1 is 0.250 bits per heavy atom. The summed E-state index contributed by atoms with van der Waals surface area (Å²) >= 11 is 0. The van der Waals surface area contributed by atoms with Gasteiger partial charge in [0.2, 0.25) is 0 Å².